The second-order valence-corrected chi connectivity index (χ2v) is 23.7. The zero-order valence-electron chi connectivity index (χ0n) is 54.4. The SMILES string of the molecule is COc1ccc2c3oc(=O)c(Oc4ccc(C(F)(F)F)cc4)c(O)c3c(=O)n(-c3ccccc3)c2c1.COc1ccc2c3oc(=O)c(Oc4ccc(Cl)cc4Cl)c(O)c3c(=O)n(-c3ccccc3)c2c1.COc1ccc2c3oc(=O)c(Oc4ccc5c(c4)OCO5)c(O)c3c(=O)n(-c3ccccc3)c2c1. The monoisotopic (exact) mass is 1460 g/mol. The maximum Gasteiger partial charge on any atom is 0.416 e. The number of pyridine rings is 3. The van der Waals surface area contributed by atoms with Crippen LogP contribution in [0.3, 0.4) is 0 Å². The minimum Gasteiger partial charge on any atom is -0.503 e. The summed E-state index contributed by atoms with van der Waals surface area (Å²) in [6.45, 7) is 0.0685. The van der Waals surface area contributed by atoms with E-state index in [0.717, 1.165) is 24.3 Å². The first-order valence-electron chi connectivity index (χ1n) is 31.1. The van der Waals surface area contributed by atoms with Crippen LogP contribution in [0.2, 0.25) is 10.0 Å². The van der Waals surface area contributed by atoms with Gasteiger partial charge in [0.15, 0.2) is 45.5 Å². The number of halogens is 5. The van der Waals surface area contributed by atoms with Crippen molar-refractivity contribution in [2.75, 3.05) is 28.1 Å². The molecule has 1 aliphatic heterocycles. The van der Waals surface area contributed by atoms with E-state index < -0.39 is 79.8 Å². The van der Waals surface area contributed by atoms with Crippen LogP contribution in [0.4, 0.5) is 13.2 Å². The zero-order valence-corrected chi connectivity index (χ0v) is 55.9. The Morgan fingerprint density at radius 3 is 1.14 bits per heavy atom. The van der Waals surface area contributed by atoms with Gasteiger partial charge in [-0.3, -0.25) is 28.1 Å². The van der Waals surface area contributed by atoms with Gasteiger partial charge in [0.05, 0.1) is 48.5 Å². The van der Waals surface area contributed by atoms with E-state index in [4.69, 9.17) is 74.3 Å². The number of alkyl halides is 3. The number of ether oxygens (including phenoxy) is 8. The molecule has 0 bridgehead atoms. The number of hydrogen-bond acceptors (Lipinski definition) is 20. The van der Waals surface area contributed by atoms with E-state index in [1.54, 1.807) is 146 Å². The van der Waals surface area contributed by atoms with Crippen LogP contribution in [0, 0.1) is 0 Å². The summed E-state index contributed by atoms with van der Waals surface area (Å²) in [5.41, 5.74) is -3.38. The van der Waals surface area contributed by atoms with Crippen LogP contribution in [0.15, 0.2) is 248 Å². The normalized spacial score (nSPS) is 11.7. The highest BCUT2D eigenvalue weighted by Gasteiger charge is 2.32. The van der Waals surface area contributed by atoms with Gasteiger partial charge in [-0.25, -0.2) is 14.4 Å². The first-order chi connectivity index (χ1) is 50.6. The molecule has 3 N–H and O–H groups in total. The Hall–Kier alpha value is -13.6. The van der Waals surface area contributed by atoms with Crippen LogP contribution in [-0.4, -0.2) is 57.1 Å². The van der Waals surface area contributed by atoms with Crippen molar-refractivity contribution in [3.05, 3.63) is 284 Å². The smallest absolute Gasteiger partial charge is 0.416 e. The van der Waals surface area contributed by atoms with Crippen molar-refractivity contribution in [1.29, 1.82) is 0 Å². The summed E-state index contributed by atoms with van der Waals surface area (Å²) < 4.78 is 102. The minimum atomic E-state index is -4.56. The molecule has 0 amide bonds. The molecular formula is C77H48Cl2F3N3O20. The molecule has 0 unspecified atom stereocenters. The van der Waals surface area contributed by atoms with Gasteiger partial charge in [0.25, 0.3) is 33.9 Å². The fourth-order valence-electron chi connectivity index (χ4n) is 11.7. The first kappa shape index (κ1) is 68.5. The second kappa shape index (κ2) is 27.7. The first-order valence-corrected chi connectivity index (χ1v) is 31.9. The van der Waals surface area contributed by atoms with Gasteiger partial charge in [0, 0.05) is 62.5 Å². The number of para-hydroxylation sites is 3. The predicted molar refractivity (Wildman–Crippen MR) is 382 cm³/mol. The third-order valence-electron chi connectivity index (χ3n) is 16.6. The van der Waals surface area contributed by atoms with Crippen LogP contribution in [0.5, 0.6) is 80.5 Å². The molecule has 526 valence electrons. The molecule has 1 aliphatic rings. The third kappa shape index (κ3) is 12.8. The lowest BCUT2D eigenvalue weighted by atomic mass is 10.1. The number of nitrogens with zero attached hydrogens (tertiary/aromatic N) is 3. The van der Waals surface area contributed by atoms with Crippen LogP contribution < -0.4 is 71.4 Å². The second-order valence-electron chi connectivity index (χ2n) is 22.8. The largest absolute Gasteiger partial charge is 0.503 e. The summed E-state index contributed by atoms with van der Waals surface area (Å²) in [6, 6.07) is 53.6. The van der Waals surface area contributed by atoms with E-state index >= 15 is 0 Å². The lowest BCUT2D eigenvalue weighted by Crippen LogP contribution is -2.20. The quantitative estimate of drug-likeness (QED) is 0.0958. The van der Waals surface area contributed by atoms with Crippen molar-refractivity contribution < 1.29 is 79.6 Å². The molecule has 28 heteroatoms. The number of methoxy groups -OCH3 is 3. The number of hydrogen-bond donors (Lipinski definition) is 3. The van der Waals surface area contributed by atoms with Crippen LogP contribution >= 0.6 is 23.2 Å². The number of rotatable bonds is 12. The Kier molecular flexibility index (Phi) is 18.1. The van der Waals surface area contributed by atoms with E-state index in [-0.39, 0.29) is 62.0 Å². The molecule has 0 atom stereocenters. The van der Waals surface area contributed by atoms with Crippen LogP contribution in [0.25, 0.3) is 82.7 Å². The van der Waals surface area contributed by atoms with Gasteiger partial charge in [-0.2, -0.15) is 13.2 Å². The Labute approximate surface area is 595 Å². The Morgan fingerprint density at radius 2 is 0.762 bits per heavy atom. The van der Waals surface area contributed by atoms with Gasteiger partial charge >= 0.3 is 23.1 Å². The molecule has 7 heterocycles. The van der Waals surface area contributed by atoms with E-state index in [1.165, 1.54) is 59.3 Å². The molecule has 16 rings (SSSR count). The maximum atomic E-state index is 13.7. The van der Waals surface area contributed by atoms with E-state index in [2.05, 4.69) is 0 Å². The molecule has 9 aromatic carbocycles. The molecule has 105 heavy (non-hydrogen) atoms. The van der Waals surface area contributed by atoms with Crippen molar-refractivity contribution in [2.24, 2.45) is 0 Å². The van der Waals surface area contributed by atoms with Gasteiger partial charge in [0.1, 0.15) is 50.7 Å². The van der Waals surface area contributed by atoms with Crippen molar-refractivity contribution in [1.82, 2.24) is 13.7 Å². The van der Waals surface area contributed by atoms with Crippen LogP contribution in [-0.2, 0) is 6.18 Å². The predicted octanol–water partition coefficient (Wildman–Crippen LogP) is 15.9. The fourth-order valence-corrected chi connectivity index (χ4v) is 12.2. The van der Waals surface area contributed by atoms with Crippen molar-refractivity contribution in [3.8, 4) is 97.6 Å². The van der Waals surface area contributed by atoms with E-state index in [9.17, 15) is 57.3 Å². The highest BCUT2D eigenvalue weighted by atomic mass is 35.5. The Bertz CT molecular complexity index is 6390. The summed E-state index contributed by atoms with van der Waals surface area (Å²) in [4.78, 5) is 79.5. The van der Waals surface area contributed by atoms with Crippen molar-refractivity contribution >= 4 is 88.8 Å². The number of aromatic nitrogens is 3. The molecule has 0 saturated heterocycles. The maximum absolute atomic E-state index is 13.7. The number of benzene rings is 9. The Morgan fingerprint density at radius 1 is 0.400 bits per heavy atom. The summed E-state index contributed by atoms with van der Waals surface area (Å²) in [5, 5.41) is 34.1. The van der Waals surface area contributed by atoms with E-state index in [0.29, 0.717) is 83.5 Å². The highest BCUT2D eigenvalue weighted by Crippen LogP contribution is 2.44. The summed E-state index contributed by atoms with van der Waals surface area (Å²) in [6.07, 6.45) is -4.56. The topological polar surface area (TPSA) is 291 Å². The standard InChI is InChI=1S/C26H16F3NO6.C26H17NO8.C25H15Cl2NO6/c1-34-17-11-12-18-19(13-17)30(15-5-3-2-4-6-15)24(32)20-21(31)23(25(33)36-22(18)20)35-16-9-7-14(8-10-16)26(27,28)29;1-31-15-7-9-17-18(11-15)27(14-5-3-2-4-6-14)25(29)21-22(28)24(26(30)35-23(17)21)34-16-8-10-19-20(12-16)33-13-32-19;1-32-15-8-9-16-18(12-15)28(14-5-3-2-4-6-14)24(30)20-21(29)23(25(31)34-22(16)20)33-19-10-7-13(26)11-17(19)27/h2-13,31H,1H3;2-12,28H,13H2,1H3;2-12,29H,1H3. The summed E-state index contributed by atoms with van der Waals surface area (Å²) >= 11 is 12.1. The highest BCUT2D eigenvalue weighted by molar-refractivity contribution is 6.35. The molecule has 0 spiro atoms. The minimum absolute atomic E-state index is 0.0552. The zero-order chi connectivity index (χ0) is 73.7. The van der Waals surface area contributed by atoms with Gasteiger partial charge < -0.3 is 66.5 Å². The van der Waals surface area contributed by atoms with Crippen molar-refractivity contribution in [3.63, 3.8) is 0 Å². The number of aromatic hydroxyl groups is 3. The lowest BCUT2D eigenvalue weighted by Gasteiger charge is -2.15. The molecule has 23 nitrogen and oxygen atoms in total. The van der Waals surface area contributed by atoms with Crippen molar-refractivity contribution in [2.45, 2.75) is 6.18 Å². The molecule has 6 aromatic heterocycles. The molecule has 0 aliphatic carbocycles. The molecule has 15 aromatic rings. The Balaban J connectivity index is 0.000000133. The van der Waals surface area contributed by atoms with Gasteiger partial charge in [-0.15, -0.1) is 0 Å². The van der Waals surface area contributed by atoms with Crippen LogP contribution in [0.1, 0.15) is 5.56 Å². The van der Waals surface area contributed by atoms with Gasteiger partial charge in [-0.05, 0) is 127 Å². The van der Waals surface area contributed by atoms with Gasteiger partial charge in [0.2, 0.25) is 6.79 Å². The average Bonchev–Trinajstić information content (AvgIpc) is 0.853. The molecule has 0 radical (unpaired) electrons. The van der Waals surface area contributed by atoms with Gasteiger partial charge in [-0.1, -0.05) is 77.8 Å². The summed E-state index contributed by atoms with van der Waals surface area (Å²) in [5.74, 6) is -1.40. The third-order valence-corrected chi connectivity index (χ3v) is 17.1. The average molecular weight is 1460 g/mol. The molecule has 0 fully saturated rings. The molecule has 0 saturated carbocycles. The van der Waals surface area contributed by atoms with E-state index in [1.807, 2.05) is 12.1 Å². The molecular weight excluding hydrogens is 1410 g/mol. The number of fused-ring (bicyclic) bond motifs is 10. The lowest BCUT2D eigenvalue weighted by molar-refractivity contribution is -0.137. The summed E-state index contributed by atoms with van der Waals surface area (Å²) in [7, 11) is 4.48. The fraction of sp³-hybridized carbons (Fsp3) is 0.0649.